The van der Waals surface area contributed by atoms with E-state index in [1.54, 1.807) is 0 Å². The van der Waals surface area contributed by atoms with Crippen molar-refractivity contribution < 1.29 is 46.9 Å². The average Bonchev–Trinajstić information content (AvgIpc) is 2.91. The van der Waals surface area contributed by atoms with E-state index >= 15 is 0 Å². The highest BCUT2D eigenvalue weighted by Crippen LogP contribution is 2.24. The molecule has 0 bridgehead atoms. The van der Waals surface area contributed by atoms with E-state index in [-0.39, 0.29) is 4.90 Å². The maximum Gasteiger partial charge on any atom is 0.249 e. The number of aliphatic hydroxyl groups is 1. The summed E-state index contributed by atoms with van der Waals surface area (Å²) in [5.41, 5.74) is -2.76. The largest absolute Gasteiger partial charge is 0.383 e. The fourth-order valence-corrected chi connectivity index (χ4v) is 1.73. The Morgan fingerprint density at radius 3 is 2.85 bits per heavy atom. The number of rotatable bonds is 5. The first kappa shape index (κ1) is 6.05. The lowest BCUT2D eigenvalue weighted by atomic mass is 9.99. The second-order valence-electron chi connectivity index (χ2n) is 4.86. The highest BCUT2D eigenvalue weighted by Gasteiger charge is 2.32. The summed E-state index contributed by atoms with van der Waals surface area (Å²) in [7, 11) is 0.575. The lowest BCUT2D eigenvalue weighted by Gasteiger charge is -2.24. The number of carbonyl (C=O) groups is 3. The van der Waals surface area contributed by atoms with Crippen LogP contribution in [0.2, 0.25) is 0 Å². The first-order valence-corrected chi connectivity index (χ1v) is 6.84. The maximum absolute atomic E-state index is 13.6. The zero-order valence-corrected chi connectivity index (χ0v) is 13.2. The Bertz CT molecular complexity index is 1440. The Balaban J connectivity index is 2.87. The van der Waals surface area contributed by atoms with Crippen LogP contribution >= 0.6 is 0 Å². The topological polar surface area (TPSA) is 98.7 Å². The Labute approximate surface area is 181 Å². The van der Waals surface area contributed by atoms with E-state index in [0.717, 1.165) is 5.32 Å². The van der Waals surface area contributed by atoms with Crippen molar-refractivity contribution in [2.24, 2.45) is 5.89 Å². The van der Waals surface area contributed by atoms with Crippen LogP contribution in [0.4, 0.5) is 0 Å². The molecule has 142 valence electrons. The van der Waals surface area contributed by atoms with Gasteiger partial charge in [0, 0.05) is 32.7 Å². The molecule has 1 aliphatic rings. The quantitative estimate of drug-likeness (QED) is 0.687. The van der Waals surface area contributed by atoms with Crippen molar-refractivity contribution in [3.8, 4) is 0 Å². The van der Waals surface area contributed by atoms with Gasteiger partial charge in [-0.05, 0) is 30.2 Å². The number of hydrogen-bond donors (Lipinski definition) is 3. The highest BCUT2D eigenvalue weighted by molar-refractivity contribution is 5.93. The van der Waals surface area contributed by atoms with Gasteiger partial charge in [-0.25, -0.2) is 0 Å². The van der Waals surface area contributed by atoms with Crippen LogP contribution in [0, 0.1) is 5.89 Å². The van der Waals surface area contributed by atoms with Crippen LogP contribution in [0.15, 0.2) is 24.2 Å². The summed E-state index contributed by atoms with van der Waals surface area (Å²) >= 11 is 0. The van der Waals surface area contributed by atoms with Gasteiger partial charge in [0.15, 0.2) is 0 Å². The standard InChI is InChI=1S/C19H27N3O4/c1-11(2)16(23)18(25)20-12(3)17(24)21-15-14-8-6-5-7-13(14)9-10-22(4)19(15)26/h5-8,11-12,15-16,23H,9-10H2,1-4H3,(H,20,25)(H,21,24)/t12-,15-,16-/m0/s1/i1D3,2D3,3D3,5D,6D,7D,8D,9D2,10D2,11D,12D,15D. The molecule has 0 saturated heterocycles. The molecule has 1 aromatic rings. The molecule has 0 aliphatic carbocycles. The minimum Gasteiger partial charge on any atom is -0.383 e. The van der Waals surface area contributed by atoms with Gasteiger partial charge in [-0.1, -0.05) is 37.9 Å². The molecular formula is C19H27N3O4. The normalized spacial score (nSPS) is 40.4. The molecule has 2 rings (SSSR count). The Morgan fingerprint density at radius 1 is 1.42 bits per heavy atom. The van der Waals surface area contributed by atoms with Crippen LogP contribution in [0.1, 0.15) is 65.1 Å². The van der Waals surface area contributed by atoms with E-state index in [1.165, 1.54) is 5.32 Å². The fourth-order valence-electron chi connectivity index (χ4n) is 1.73. The summed E-state index contributed by atoms with van der Waals surface area (Å²) in [6, 6.07) is -13.0. The predicted octanol–water partition coefficient (Wildman–Crippen LogP) is 0.380. The molecule has 0 saturated carbocycles. The Hall–Kier alpha value is -2.41. The number of nitrogens with zero attached hydrogens (tertiary/aromatic N) is 1. The fraction of sp³-hybridized carbons (Fsp3) is 0.526. The van der Waals surface area contributed by atoms with Crippen molar-refractivity contribution in [1.29, 1.82) is 0 Å². The van der Waals surface area contributed by atoms with E-state index in [1.807, 2.05) is 0 Å². The van der Waals surface area contributed by atoms with Gasteiger partial charge >= 0.3 is 0 Å². The van der Waals surface area contributed by atoms with Crippen LogP contribution in [-0.2, 0) is 20.8 Å². The summed E-state index contributed by atoms with van der Waals surface area (Å²) in [5.74, 6) is -10.8. The van der Waals surface area contributed by atoms with E-state index in [2.05, 4.69) is 0 Å². The lowest BCUT2D eigenvalue weighted by Crippen LogP contribution is -2.51. The zero-order chi connectivity index (χ0) is 36.8. The molecule has 3 atom stereocenters. The van der Waals surface area contributed by atoms with Gasteiger partial charge in [0.2, 0.25) is 17.7 Å². The van der Waals surface area contributed by atoms with Crippen molar-refractivity contribution in [1.82, 2.24) is 15.5 Å². The minimum absolute atomic E-state index is 0.100. The highest BCUT2D eigenvalue weighted by atomic mass is 16.3. The number of benzene rings is 1. The van der Waals surface area contributed by atoms with Crippen molar-refractivity contribution in [2.75, 3.05) is 13.5 Å². The first-order chi connectivity index (χ1) is 20.1. The van der Waals surface area contributed by atoms with Gasteiger partial charge in [-0.15, -0.1) is 0 Å². The zero-order valence-electron chi connectivity index (χ0n) is 33.2. The number of aliphatic hydroxyl groups excluding tert-OH is 1. The second-order valence-corrected chi connectivity index (χ2v) is 4.86. The van der Waals surface area contributed by atoms with Crippen LogP contribution in [0.25, 0.3) is 0 Å². The number of likely N-dealkylation sites (N-methyl/N-ethyl adjacent to an activating group) is 1. The van der Waals surface area contributed by atoms with Gasteiger partial charge in [0.05, 0.1) is 8.22 Å². The Kier molecular flexibility index (Phi) is 1.94. The SMILES string of the molecule is [2H]c1c([2H])c([2H])c2c(c1[2H])C([2H])([2H])C([2H])([2H])N(C)C(=O)[C@@]2([2H])NC(=O)[C@@]([2H])(NC(=O)[C@@H](O)C([2H])(C([2H])([2H])[2H])C([2H])([2H])[2H])C([2H])([2H])[2H]. The number of carbonyl (C=O) groups excluding carboxylic acids is 3. The molecule has 7 nitrogen and oxygen atoms in total. The summed E-state index contributed by atoms with van der Waals surface area (Å²) in [6.07, 6.45) is -7.03. The minimum atomic E-state index is -4.20. The van der Waals surface area contributed by atoms with Gasteiger partial charge in [-0.3, -0.25) is 14.4 Å². The molecule has 1 aromatic carbocycles. The summed E-state index contributed by atoms with van der Waals surface area (Å²) < 4.78 is 158. The van der Waals surface area contributed by atoms with Gasteiger partial charge < -0.3 is 20.6 Å². The number of hydrogen-bond acceptors (Lipinski definition) is 4. The summed E-state index contributed by atoms with van der Waals surface area (Å²) in [6.45, 7) is -15.5. The molecule has 1 heterocycles. The maximum atomic E-state index is 13.6. The van der Waals surface area contributed by atoms with Crippen LogP contribution in [0.5, 0.6) is 0 Å². The van der Waals surface area contributed by atoms with Gasteiger partial charge in [0.25, 0.3) is 0 Å². The van der Waals surface area contributed by atoms with Crippen LogP contribution in [0.3, 0.4) is 0 Å². The van der Waals surface area contributed by atoms with E-state index < -0.39 is 110 Å². The molecule has 3 N–H and O–H groups in total. The Morgan fingerprint density at radius 2 is 2.15 bits per heavy atom. The van der Waals surface area contributed by atoms with Crippen molar-refractivity contribution in [3.63, 3.8) is 0 Å². The van der Waals surface area contributed by atoms with Crippen molar-refractivity contribution in [3.05, 3.63) is 35.3 Å². The monoisotopic (exact) mass is 381 g/mol. The molecule has 0 unspecified atom stereocenters. The molecule has 26 heavy (non-hydrogen) atoms. The number of nitrogens with one attached hydrogen (secondary N) is 2. The second kappa shape index (κ2) is 8.31. The third-order valence-corrected chi connectivity index (χ3v) is 3.04. The molecule has 0 spiro atoms. The van der Waals surface area contributed by atoms with Crippen LogP contribution < -0.4 is 10.6 Å². The molecule has 7 heteroatoms. The number of fused-ring (bicyclic) bond motifs is 1. The molecule has 0 radical (unpaired) electrons. The molecule has 1 aliphatic heterocycles. The third-order valence-electron chi connectivity index (χ3n) is 3.04. The van der Waals surface area contributed by atoms with Gasteiger partial charge in [0.1, 0.15) is 18.1 Å². The average molecular weight is 382 g/mol. The summed E-state index contributed by atoms with van der Waals surface area (Å²) in [4.78, 5) is 39.9. The van der Waals surface area contributed by atoms with Gasteiger partial charge in [-0.2, -0.15) is 0 Å². The van der Waals surface area contributed by atoms with Crippen LogP contribution in [-0.4, -0.2) is 53.4 Å². The lowest BCUT2D eigenvalue weighted by molar-refractivity contribution is -0.137. The van der Waals surface area contributed by atoms with E-state index in [0.29, 0.717) is 7.05 Å². The van der Waals surface area contributed by atoms with Crippen molar-refractivity contribution >= 4 is 17.7 Å². The number of amides is 3. The third kappa shape index (κ3) is 4.40. The molecule has 0 fully saturated rings. The first-order valence-electron chi connectivity index (χ1n) is 16.8. The van der Waals surface area contributed by atoms with E-state index in [4.69, 9.17) is 27.4 Å². The molecule has 0 aromatic heterocycles. The summed E-state index contributed by atoms with van der Waals surface area (Å²) in [5, 5.41) is 12.9. The molecule has 3 amide bonds. The smallest absolute Gasteiger partial charge is 0.249 e. The predicted molar refractivity (Wildman–Crippen MR) is 97.1 cm³/mol. The molecular weight excluding hydrogens is 334 g/mol. The van der Waals surface area contributed by atoms with Crippen molar-refractivity contribution in [2.45, 2.75) is 45.1 Å². The van der Waals surface area contributed by atoms with E-state index in [9.17, 15) is 19.5 Å².